The predicted octanol–water partition coefficient (Wildman–Crippen LogP) is 4.07. The number of nitrogens with one attached hydrogen (secondary N) is 1. The Hall–Kier alpha value is -2.56. The molecule has 0 aliphatic heterocycles. The Kier molecular flexibility index (Phi) is 5.45. The maximum atomic E-state index is 12.5. The van der Waals surface area contributed by atoms with E-state index >= 15 is 0 Å². The fraction of sp³-hybridized carbons (Fsp3) is 0.429. The number of hydrogen-bond donors (Lipinski definition) is 1. The van der Waals surface area contributed by atoms with E-state index in [1.165, 1.54) is 5.56 Å². The summed E-state index contributed by atoms with van der Waals surface area (Å²) >= 11 is 0. The Bertz CT molecular complexity index is 811. The second-order valence-corrected chi connectivity index (χ2v) is 7.00. The van der Waals surface area contributed by atoms with Crippen LogP contribution < -0.4 is 5.32 Å². The summed E-state index contributed by atoms with van der Waals surface area (Å²) in [5.41, 5.74) is 3.65. The van der Waals surface area contributed by atoms with Gasteiger partial charge in [-0.05, 0) is 37.7 Å². The van der Waals surface area contributed by atoms with E-state index in [1.54, 1.807) is 6.20 Å². The maximum Gasteiger partial charge on any atom is 0.229 e. The zero-order chi connectivity index (χ0) is 18.7. The fourth-order valence-electron chi connectivity index (χ4n) is 3.45. The lowest BCUT2D eigenvalue weighted by atomic mass is 9.82. The standard InChI is InChI=1S/C21H25N3O2/c1-4-14(5-2)20(26)24-21-22-12-17-18(23-21)10-16(11-19(17)25)15-8-6-13(3)7-9-15/h6-9,12,14,16H,4-5,10-11H2,1-3H3,(H,22,23,24,26)/t16-/m1/s1. The molecule has 1 heterocycles. The minimum absolute atomic E-state index is 0.0448. The third-order valence-electron chi connectivity index (χ3n) is 5.18. The third-order valence-corrected chi connectivity index (χ3v) is 5.18. The number of ketones is 1. The first-order valence-corrected chi connectivity index (χ1v) is 9.28. The number of benzene rings is 1. The molecule has 0 saturated carbocycles. The number of aryl methyl sites for hydroxylation is 1. The molecule has 0 unspecified atom stereocenters. The van der Waals surface area contributed by atoms with Crippen molar-refractivity contribution in [3.05, 3.63) is 52.8 Å². The molecule has 5 heteroatoms. The minimum atomic E-state index is -0.0628. The van der Waals surface area contributed by atoms with E-state index in [0.717, 1.165) is 24.1 Å². The van der Waals surface area contributed by atoms with Crippen LogP contribution in [0.4, 0.5) is 5.95 Å². The van der Waals surface area contributed by atoms with Crippen molar-refractivity contribution in [3.63, 3.8) is 0 Å². The van der Waals surface area contributed by atoms with Crippen LogP contribution in [0.1, 0.15) is 66.2 Å². The monoisotopic (exact) mass is 351 g/mol. The predicted molar refractivity (Wildman–Crippen MR) is 101 cm³/mol. The van der Waals surface area contributed by atoms with Crippen LogP contribution in [0.15, 0.2) is 30.5 Å². The van der Waals surface area contributed by atoms with E-state index in [0.29, 0.717) is 18.4 Å². The topological polar surface area (TPSA) is 72.0 Å². The summed E-state index contributed by atoms with van der Waals surface area (Å²) in [5, 5.41) is 2.80. The number of anilines is 1. The molecule has 1 atom stereocenters. The lowest BCUT2D eigenvalue weighted by Gasteiger charge is -2.23. The van der Waals surface area contributed by atoms with Crippen molar-refractivity contribution >= 4 is 17.6 Å². The van der Waals surface area contributed by atoms with Crippen molar-refractivity contribution in [2.75, 3.05) is 5.32 Å². The number of aromatic nitrogens is 2. The summed E-state index contributed by atoms with van der Waals surface area (Å²) in [6.07, 6.45) is 4.26. The summed E-state index contributed by atoms with van der Waals surface area (Å²) in [6, 6.07) is 8.29. The Morgan fingerprint density at radius 3 is 2.54 bits per heavy atom. The van der Waals surface area contributed by atoms with Gasteiger partial charge in [-0.2, -0.15) is 0 Å². The molecule has 1 aliphatic carbocycles. The van der Waals surface area contributed by atoms with Crippen LogP contribution in [-0.4, -0.2) is 21.7 Å². The van der Waals surface area contributed by atoms with Gasteiger partial charge in [0.2, 0.25) is 11.9 Å². The average Bonchev–Trinajstić information content (AvgIpc) is 2.63. The second kappa shape index (κ2) is 7.77. The van der Waals surface area contributed by atoms with Gasteiger partial charge in [-0.3, -0.25) is 14.9 Å². The van der Waals surface area contributed by atoms with Gasteiger partial charge >= 0.3 is 0 Å². The molecule has 1 amide bonds. The first-order valence-electron chi connectivity index (χ1n) is 9.28. The second-order valence-electron chi connectivity index (χ2n) is 7.00. The minimum Gasteiger partial charge on any atom is -0.294 e. The molecule has 0 spiro atoms. The van der Waals surface area contributed by atoms with E-state index in [4.69, 9.17) is 0 Å². The molecule has 1 aromatic carbocycles. The fourth-order valence-corrected chi connectivity index (χ4v) is 3.45. The molecule has 0 fully saturated rings. The number of fused-ring (bicyclic) bond motifs is 1. The van der Waals surface area contributed by atoms with Crippen LogP contribution >= 0.6 is 0 Å². The van der Waals surface area contributed by atoms with Gasteiger partial charge in [-0.25, -0.2) is 9.97 Å². The van der Waals surface area contributed by atoms with Crippen LogP contribution in [-0.2, 0) is 11.2 Å². The van der Waals surface area contributed by atoms with Gasteiger partial charge in [-0.15, -0.1) is 0 Å². The summed E-state index contributed by atoms with van der Waals surface area (Å²) in [4.78, 5) is 33.4. The number of carbonyl (C=O) groups excluding carboxylic acids is 2. The number of rotatable bonds is 5. The van der Waals surface area contributed by atoms with Crippen LogP contribution in [0.2, 0.25) is 0 Å². The summed E-state index contributed by atoms with van der Waals surface area (Å²) in [7, 11) is 0. The molecule has 26 heavy (non-hydrogen) atoms. The van der Waals surface area contributed by atoms with E-state index in [2.05, 4.69) is 39.6 Å². The Balaban J connectivity index is 1.82. The summed E-state index contributed by atoms with van der Waals surface area (Å²) < 4.78 is 0. The van der Waals surface area contributed by atoms with Crippen molar-refractivity contribution in [2.24, 2.45) is 5.92 Å². The SMILES string of the molecule is CCC(CC)C(=O)Nc1ncc2c(n1)C[C@@H](c1ccc(C)cc1)CC2=O. The number of nitrogens with zero attached hydrogens (tertiary/aromatic N) is 2. The Morgan fingerprint density at radius 2 is 1.88 bits per heavy atom. The van der Waals surface area contributed by atoms with Gasteiger partial charge in [0.1, 0.15) is 0 Å². The number of Topliss-reactive ketones (excluding diaryl/α,β-unsaturated/α-hetero) is 1. The van der Waals surface area contributed by atoms with E-state index in [-0.39, 0.29) is 29.5 Å². The third kappa shape index (κ3) is 3.82. The van der Waals surface area contributed by atoms with Crippen LogP contribution in [0, 0.1) is 12.8 Å². The normalized spacial score (nSPS) is 16.5. The maximum absolute atomic E-state index is 12.5. The molecule has 136 valence electrons. The molecule has 1 N–H and O–H groups in total. The van der Waals surface area contributed by atoms with Crippen LogP contribution in [0.5, 0.6) is 0 Å². The summed E-state index contributed by atoms with van der Waals surface area (Å²) in [6.45, 7) is 6.03. The van der Waals surface area contributed by atoms with Crippen molar-refractivity contribution in [3.8, 4) is 0 Å². The van der Waals surface area contributed by atoms with Gasteiger partial charge < -0.3 is 0 Å². The van der Waals surface area contributed by atoms with Crippen molar-refractivity contribution in [2.45, 2.75) is 52.4 Å². The molecular weight excluding hydrogens is 326 g/mol. The Morgan fingerprint density at radius 1 is 1.19 bits per heavy atom. The van der Waals surface area contributed by atoms with Gasteiger partial charge in [0, 0.05) is 18.5 Å². The van der Waals surface area contributed by atoms with Gasteiger partial charge in [0.05, 0.1) is 11.3 Å². The number of carbonyl (C=O) groups is 2. The highest BCUT2D eigenvalue weighted by molar-refractivity contribution is 5.99. The largest absolute Gasteiger partial charge is 0.294 e. The smallest absolute Gasteiger partial charge is 0.229 e. The lowest BCUT2D eigenvalue weighted by Crippen LogP contribution is -2.25. The molecule has 0 radical (unpaired) electrons. The molecule has 0 saturated heterocycles. The molecule has 1 aliphatic rings. The van der Waals surface area contributed by atoms with Crippen LogP contribution in [0.25, 0.3) is 0 Å². The molecule has 0 bridgehead atoms. The van der Waals surface area contributed by atoms with Gasteiger partial charge in [0.25, 0.3) is 0 Å². The molecular formula is C21H25N3O2. The summed E-state index contributed by atoms with van der Waals surface area (Å²) in [5.74, 6) is 0.365. The highest BCUT2D eigenvalue weighted by Gasteiger charge is 2.28. The first-order chi connectivity index (χ1) is 12.5. The Labute approximate surface area is 154 Å². The van der Waals surface area contributed by atoms with Crippen LogP contribution in [0.3, 0.4) is 0 Å². The molecule has 2 aromatic rings. The zero-order valence-electron chi connectivity index (χ0n) is 15.6. The quantitative estimate of drug-likeness (QED) is 0.881. The van der Waals surface area contributed by atoms with Gasteiger partial charge in [-0.1, -0.05) is 43.7 Å². The van der Waals surface area contributed by atoms with E-state index < -0.39 is 0 Å². The number of amides is 1. The van der Waals surface area contributed by atoms with Crippen molar-refractivity contribution in [1.82, 2.24) is 9.97 Å². The highest BCUT2D eigenvalue weighted by atomic mass is 16.2. The lowest BCUT2D eigenvalue weighted by molar-refractivity contribution is -0.120. The highest BCUT2D eigenvalue weighted by Crippen LogP contribution is 2.32. The van der Waals surface area contributed by atoms with Gasteiger partial charge in [0.15, 0.2) is 5.78 Å². The van der Waals surface area contributed by atoms with E-state index in [9.17, 15) is 9.59 Å². The first kappa shape index (κ1) is 18.2. The zero-order valence-corrected chi connectivity index (χ0v) is 15.6. The molecule has 1 aromatic heterocycles. The molecule has 3 rings (SSSR count). The van der Waals surface area contributed by atoms with Crippen molar-refractivity contribution in [1.29, 1.82) is 0 Å². The van der Waals surface area contributed by atoms with Crippen molar-refractivity contribution < 1.29 is 9.59 Å². The number of hydrogen-bond acceptors (Lipinski definition) is 4. The average molecular weight is 351 g/mol. The molecule has 5 nitrogen and oxygen atoms in total. The van der Waals surface area contributed by atoms with E-state index in [1.807, 2.05) is 20.8 Å².